The van der Waals surface area contributed by atoms with Crippen molar-refractivity contribution in [1.29, 1.82) is 0 Å². The highest BCUT2D eigenvalue weighted by Gasteiger charge is 2.15. The van der Waals surface area contributed by atoms with Crippen LogP contribution in [0.15, 0.2) is 36.8 Å². The molecule has 0 radical (unpaired) electrons. The lowest BCUT2D eigenvalue weighted by molar-refractivity contribution is -0.116. The molecular formula is C17H22N4O. The summed E-state index contributed by atoms with van der Waals surface area (Å²) in [5.74, 6) is 1.43. The summed E-state index contributed by atoms with van der Waals surface area (Å²) in [7, 11) is 0. The van der Waals surface area contributed by atoms with E-state index >= 15 is 0 Å². The second-order valence-electron chi connectivity index (χ2n) is 5.92. The van der Waals surface area contributed by atoms with Gasteiger partial charge in [-0.3, -0.25) is 4.79 Å². The molecule has 0 spiro atoms. The van der Waals surface area contributed by atoms with E-state index in [9.17, 15) is 4.79 Å². The molecule has 1 aliphatic carbocycles. The van der Waals surface area contributed by atoms with Gasteiger partial charge in [-0.05, 0) is 30.5 Å². The Morgan fingerprint density at radius 2 is 2.09 bits per heavy atom. The maximum Gasteiger partial charge on any atom is 0.224 e. The van der Waals surface area contributed by atoms with Crippen molar-refractivity contribution in [3.8, 4) is 5.82 Å². The average Bonchev–Trinajstić information content (AvgIpc) is 3.09. The normalized spacial score (nSPS) is 15.6. The van der Waals surface area contributed by atoms with Crippen LogP contribution in [-0.4, -0.2) is 20.7 Å². The number of hydrogen-bond acceptors (Lipinski definition) is 3. The first-order valence-electron chi connectivity index (χ1n) is 8.08. The molecule has 0 unspecified atom stereocenters. The zero-order chi connectivity index (χ0) is 15.2. The van der Waals surface area contributed by atoms with Crippen molar-refractivity contribution in [2.75, 3.05) is 5.32 Å². The molecule has 116 valence electrons. The Balaban J connectivity index is 1.59. The summed E-state index contributed by atoms with van der Waals surface area (Å²) < 4.78 is 1.66. The monoisotopic (exact) mass is 298 g/mol. The SMILES string of the molecule is O=C(CCC1CCCCC1)Nc1cccnc1-n1cccn1. The van der Waals surface area contributed by atoms with Crippen molar-refractivity contribution in [2.24, 2.45) is 5.92 Å². The Morgan fingerprint density at radius 3 is 2.86 bits per heavy atom. The minimum atomic E-state index is 0.0620. The number of rotatable bonds is 5. The molecule has 0 aromatic carbocycles. The number of pyridine rings is 1. The molecule has 2 aromatic rings. The van der Waals surface area contributed by atoms with Crippen LogP contribution in [0.1, 0.15) is 44.9 Å². The number of amides is 1. The quantitative estimate of drug-likeness (QED) is 0.918. The van der Waals surface area contributed by atoms with E-state index in [1.54, 1.807) is 17.1 Å². The predicted octanol–water partition coefficient (Wildman–Crippen LogP) is 3.57. The Morgan fingerprint density at radius 1 is 1.23 bits per heavy atom. The minimum Gasteiger partial charge on any atom is -0.323 e. The second-order valence-corrected chi connectivity index (χ2v) is 5.92. The molecule has 2 heterocycles. The molecule has 1 fully saturated rings. The maximum atomic E-state index is 12.2. The summed E-state index contributed by atoms with van der Waals surface area (Å²) >= 11 is 0. The average molecular weight is 298 g/mol. The topological polar surface area (TPSA) is 59.8 Å². The van der Waals surface area contributed by atoms with Crippen molar-refractivity contribution in [3.05, 3.63) is 36.8 Å². The van der Waals surface area contributed by atoms with Gasteiger partial charge in [0.1, 0.15) is 0 Å². The van der Waals surface area contributed by atoms with Crippen molar-refractivity contribution >= 4 is 11.6 Å². The largest absolute Gasteiger partial charge is 0.323 e. The molecule has 1 amide bonds. The molecule has 0 bridgehead atoms. The van der Waals surface area contributed by atoms with Gasteiger partial charge in [0.25, 0.3) is 0 Å². The van der Waals surface area contributed by atoms with Gasteiger partial charge in [0.2, 0.25) is 5.91 Å². The molecular weight excluding hydrogens is 276 g/mol. The van der Waals surface area contributed by atoms with E-state index in [1.165, 1.54) is 32.1 Å². The zero-order valence-corrected chi connectivity index (χ0v) is 12.7. The van der Waals surface area contributed by atoms with E-state index in [0.29, 0.717) is 17.9 Å². The van der Waals surface area contributed by atoms with Crippen LogP contribution in [0, 0.1) is 5.92 Å². The summed E-state index contributed by atoms with van der Waals surface area (Å²) in [5, 5.41) is 7.15. The summed E-state index contributed by atoms with van der Waals surface area (Å²) in [6, 6.07) is 5.52. The van der Waals surface area contributed by atoms with Gasteiger partial charge >= 0.3 is 0 Å². The van der Waals surface area contributed by atoms with E-state index in [0.717, 1.165) is 12.3 Å². The molecule has 5 nitrogen and oxygen atoms in total. The molecule has 0 atom stereocenters. The number of hydrogen-bond donors (Lipinski definition) is 1. The lowest BCUT2D eigenvalue weighted by atomic mass is 9.86. The molecule has 22 heavy (non-hydrogen) atoms. The first-order valence-corrected chi connectivity index (χ1v) is 8.08. The number of anilines is 1. The van der Waals surface area contributed by atoms with Crippen LogP contribution in [0.25, 0.3) is 5.82 Å². The fourth-order valence-corrected chi connectivity index (χ4v) is 3.09. The van der Waals surface area contributed by atoms with Gasteiger partial charge in [-0.25, -0.2) is 9.67 Å². The molecule has 0 aliphatic heterocycles. The number of nitrogens with one attached hydrogen (secondary N) is 1. The van der Waals surface area contributed by atoms with Crippen molar-refractivity contribution < 1.29 is 4.79 Å². The van der Waals surface area contributed by atoms with Crippen molar-refractivity contribution in [3.63, 3.8) is 0 Å². The van der Waals surface area contributed by atoms with Crippen LogP contribution in [0.2, 0.25) is 0 Å². The van der Waals surface area contributed by atoms with Gasteiger partial charge in [0, 0.05) is 25.0 Å². The highest BCUT2D eigenvalue weighted by Crippen LogP contribution is 2.27. The Bertz CT molecular complexity index is 603. The first-order chi connectivity index (χ1) is 10.8. The van der Waals surface area contributed by atoms with E-state index in [4.69, 9.17) is 0 Å². The summed E-state index contributed by atoms with van der Waals surface area (Å²) in [5.41, 5.74) is 0.708. The van der Waals surface area contributed by atoms with E-state index in [1.807, 2.05) is 24.4 Å². The molecule has 1 aliphatic rings. The van der Waals surface area contributed by atoms with Gasteiger partial charge in [-0.15, -0.1) is 0 Å². The molecule has 2 aromatic heterocycles. The lowest BCUT2D eigenvalue weighted by Gasteiger charge is -2.21. The van der Waals surface area contributed by atoms with Crippen LogP contribution in [0.3, 0.4) is 0 Å². The number of nitrogens with zero attached hydrogens (tertiary/aromatic N) is 3. The molecule has 3 rings (SSSR count). The van der Waals surface area contributed by atoms with Crippen LogP contribution >= 0.6 is 0 Å². The smallest absolute Gasteiger partial charge is 0.224 e. The van der Waals surface area contributed by atoms with Crippen molar-refractivity contribution in [1.82, 2.24) is 14.8 Å². The third-order valence-electron chi connectivity index (χ3n) is 4.29. The summed E-state index contributed by atoms with van der Waals surface area (Å²) in [6.07, 6.45) is 13.3. The number of aromatic nitrogens is 3. The Hall–Kier alpha value is -2.17. The zero-order valence-electron chi connectivity index (χ0n) is 12.7. The summed E-state index contributed by atoms with van der Waals surface area (Å²) in [4.78, 5) is 16.5. The van der Waals surface area contributed by atoms with Gasteiger partial charge in [-0.1, -0.05) is 32.1 Å². The highest BCUT2D eigenvalue weighted by molar-refractivity contribution is 5.92. The molecule has 5 heteroatoms. The van der Waals surface area contributed by atoms with Gasteiger partial charge in [0.05, 0.1) is 5.69 Å². The maximum absolute atomic E-state index is 12.2. The van der Waals surface area contributed by atoms with Gasteiger partial charge < -0.3 is 5.32 Å². The predicted molar refractivity (Wildman–Crippen MR) is 85.8 cm³/mol. The van der Waals surface area contributed by atoms with Crippen molar-refractivity contribution in [2.45, 2.75) is 44.9 Å². The first kappa shape index (κ1) is 14.8. The highest BCUT2D eigenvalue weighted by atomic mass is 16.1. The Kier molecular flexibility index (Phi) is 4.83. The number of carbonyl (C=O) groups excluding carboxylic acids is 1. The fourth-order valence-electron chi connectivity index (χ4n) is 3.09. The fraction of sp³-hybridized carbons (Fsp3) is 0.471. The molecule has 0 saturated heterocycles. The lowest BCUT2D eigenvalue weighted by Crippen LogP contribution is -2.16. The van der Waals surface area contributed by atoms with Crippen LogP contribution in [0.5, 0.6) is 0 Å². The molecule has 1 saturated carbocycles. The third-order valence-corrected chi connectivity index (χ3v) is 4.29. The van der Waals surface area contributed by atoms with Crippen LogP contribution in [-0.2, 0) is 4.79 Å². The van der Waals surface area contributed by atoms with Crippen LogP contribution < -0.4 is 5.32 Å². The second kappa shape index (κ2) is 7.20. The van der Waals surface area contributed by atoms with E-state index in [2.05, 4.69) is 15.4 Å². The third kappa shape index (κ3) is 3.72. The van der Waals surface area contributed by atoms with Crippen LogP contribution in [0.4, 0.5) is 5.69 Å². The standard InChI is InChI=1S/C17H22N4O/c22-16(10-9-14-6-2-1-3-7-14)20-15-8-4-11-18-17(15)21-13-5-12-19-21/h4-5,8,11-14H,1-3,6-7,9-10H2,(H,20,22). The van der Waals surface area contributed by atoms with E-state index in [-0.39, 0.29) is 5.91 Å². The van der Waals surface area contributed by atoms with E-state index < -0.39 is 0 Å². The minimum absolute atomic E-state index is 0.0620. The number of carbonyl (C=O) groups is 1. The van der Waals surface area contributed by atoms with Gasteiger partial charge in [-0.2, -0.15) is 5.10 Å². The Labute approximate surface area is 130 Å². The summed E-state index contributed by atoms with van der Waals surface area (Å²) in [6.45, 7) is 0. The molecule has 1 N–H and O–H groups in total. The van der Waals surface area contributed by atoms with Gasteiger partial charge in [0.15, 0.2) is 5.82 Å².